The molecule has 1 unspecified atom stereocenters. The second-order valence-corrected chi connectivity index (χ2v) is 10.4. The van der Waals surface area contributed by atoms with Crippen molar-refractivity contribution in [1.82, 2.24) is 14.1 Å². The Morgan fingerprint density at radius 2 is 2.04 bits per heavy atom. The number of Topliss-reactive ketones (excluding diaryl/α,β-unsaturated/α-hetero) is 1. The molecule has 1 aliphatic heterocycles. The van der Waals surface area contributed by atoms with Gasteiger partial charge in [0.15, 0.2) is 20.8 Å². The number of aryl methyl sites for hydroxylation is 1. The molecule has 1 aliphatic carbocycles. The molecule has 2 aliphatic rings. The smallest absolute Gasteiger partial charge is 0.175 e. The van der Waals surface area contributed by atoms with Crippen LogP contribution in [-0.4, -0.2) is 45.6 Å². The van der Waals surface area contributed by atoms with E-state index >= 15 is 0 Å². The lowest BCUT2D eigenvalue weighted by Gasteiger charge is -2.16. The Morgan fingerprint density at radius 1 is 1.27 bits per heavy atom. The van der Waals surface area contributed by atoms with Gasteiger partial charge in [0, 0.05) is 41.4 Å². The molecule has 2 fully saturated rings. The van der Waals surface area contributed by atoms with E-state index in [-0.39, 0.29) is 23.3 Å². The monoisotopic (exact) mass is 393 g/mol. The normalized spacial score (nSPS) is 22.0. The first-order valence-corrected chi connectivity index (χ1v) is 11.7. The third-order valence-corrected chi connectivity index (χ3v) is 8.00. The Hall–Kier alpha value is -1.54. The van der Waals surface area contributed by atoms with Gasteiger partial charge in [-0.2, -0.15) is 0 Å². The third-order valence-electron chi connectivity index (χ3n) is 5.26. The molecular weight excluding hydrogens is 370 g/mol. The molecule has 0 N–H and O–H groups in total. The van der Waals surface area contributed by atoms with Gasteiger partial charge in [-0.05, 0) is 39.2 Å². The lowest BCUT2D eigenvalue weighted by molar-refractivity contribution is 0.102. The second kappa shape index (κ2) is 6.56. The summed E-state index contributed by atoms with van der Waals surface area (Å²) in [7, 11) is -2.96. The summed E-state index contributed by atoms with van der Waals surface area (Å²) >= 11 is 1.48. The minimum Gasteiger partial charge on any atom is -0.344 e. The van der Waals surface area contributed by atoms with Crippen molar-refractivity contribution in [3.8, 4) is 0 Å². The highest BCUT2D eigenvalue weighted by atomic mass is 32.2. The lowest BCUT2D eigenvalue weighted by atomic mass is 10.2. The number of rotatable bonds is 6. The van der Waals surface area contributed by atoms with Crippen molar-refractivity contribution in [2.75, 3.05) is 17.3 Å². The van der Waals surface area contributed by atoms with Gasteiger partial charge >= 0.3 is 0 Å². The quantitative estimate of drug-likeness (QED) is 0.557. The van der Waals surface area contributed by atoms with Crippen molar-refractivity contribution in [3.63, 3.8) is 0 Å². The SMILES string of the molecule is Cc1cc(C(=O)CSc2nccn2C2CC2)c(C)n1C1CCS(=O)(=O)C1. The van der Waals surface area contributed by atoms with Crippen molar-refractivity contribution in [3.05, 3.63) is 35.4 Å². The highest BCUT2D eigenvalue weighted by molar-refractivity contribution is 7.99. The van der Waals surface area contributed by atoms with Crippen molar-refractivity contribution in [2.45, 2.75) is 50.4 Å². The van der Waals surface area contributed by atoms with Crippen LogP contribution < -0.4 is 0 Å². The molecule has 1 saturated heterocycles. The van der Waals surface area contributed by atoms with Gasteiger partial charge in [0.2, 0.25) is 0 Å². The molecular formula is C18H23N3O3S2. The van der Waals surface area contributed by atoms with Gasteiger partial charge in [-0.1, -0.05) is 11.8 Å². The number of sulfone groups is 1. The van der Waals surface area contributed by atoms with E-state index in [0.717, 1.165) is 16.5 Å². The van der Waals surface area contributed by atoms with E-state index in [1.807, 2.05) is 30.7 Å². The number of carbonyl (C=O) groups is 1. The van der Waals surface area contributed by atoms with Crippen molar-refractivity contribution in [1.29, 1.82) is 0 Å². The van der Waals surface area contributed by atoms with Crippen LogP contribution in [0.4, 0.5) is 0 Å². The summed E-state index contributed by atoms with van der Waals surface area (Å²) in [6, 6.07) is 2.39. The number of nitrogens with zero attached hydrogens (tertiary/aromatic N) is 3. The molecule has 3 heterocycles. The predicted octanol–water partition coefficient (Wildman–Crippen LogP) is 2.97. The molecule has 0 spiro atoms. The summed E-state index contributed by atoms with van der Waals surface area (Å²) in [5.74, 6) is 0.819. The fourth-order valence-electron chi connectivity index (χ4n) is 3.85. The van der Waals surface area contributed by atoms with Crippen LogP contribution in [-0.2, 0) is 9.84 Å². The van der Waals surface area contributed by atoms with Gasteiger partial charge < -0.3 is 9.13 Å². The molecule has 8 heteroatoms. The van der Waals surface area contributed by atoms with Crippen molar-refractivity contribution >= 4 is 27.4 Å². The Balaban J connectivity index is 1.50. The second-order valence-electron chi connectivity index (χ2n) is 7.27. The predicted molar refractivity (Wildman–Crippen MR) is 102 cm³/mol. The first-order valence-electron chi connectivity index (χ1n) is 8.93. The molecule has 2 aromatic heterocycles. The van der Waals surface area contributed by atoms with Crippen molar-refractivity contribution < 1.29 is 13.2 Å². The van der Waals surface area contributed by atoms with Gasteiger partial charge in [0.05, 0.1) is 17.3 Å². The Labute approximate surface area is 157 Å². The van der Waals surface area contributed by atoms with Crippen LogP contribution >= 0.6 is 11.8 Å². The van der Waals surface area contributed by atoms with Gasteiger partial charge in [-0.25, -0.2) is 13.4 Å². The van der Waals surface area contributed by atoms with Crippen LogP contribution in [0.25, 0.3) is 0 Å². The van der Waals surface area contributed by atoms with Gasteiger partial charge in [-0.15, -0.1) is 0 Å². The maximum atomic E-state index is 12.8. The first kappa shape index (κ1) is 17.9. The van der Waals surface area contributed by atoms with Gasteiger partial charge in [0.1, 0.15) is 0 Å². The molecule has 1 atom stereocenters. The maximum absolute atomic E-state index is 12.8. The number of imidazole rings is 1. The summed E-state index contributed by atoms with van der Waals surface area (Å²) in [5.41, 5.74) is 2.53. The van der Waals surface area contributed by atoms with Crippen molar-refractivity contribution in [2.24, 2.45) is 0 Å². The van der Waals surface area contributed by atoms with E-state index in [0.29, 0.717) is 23.8 Å². The standard InChI is InChI=1S/C18H23N3O3S2/c1-12-9-16(13(2)21(12)15-5-8-26(23,24)11-15)17(22)10-25-18-19-6-7-20(18)14-3-4-14/h6-7,9,14-15H,3-5,8,10-11H2,1-2H3. The van der Waals surface area contributed by atoms with E-state index in [9.17, 15) is 13.2 Å². The fourth-order valence-corrected chi connectivity index (χ4v) is 6.46. The molecule has 140 valence electrons. The number of ketones is 1. The first-order chi connectivity index (χ1) is 12.4. The van der Waals surface area contributed by atoms with Crippen LogP contribution in [0.5, 0.6) is 0 Å². The van der Waals surface area contributed by atoms with Crippen LogP contribution in [0.1, 0.15) is 53.1 Å². The van der Waals surface area contributed by atoms with Gasteiger partial charge in [0.25, 0.3) is 0 Å². The Morgan fingerprint density at radius 3 is 2.69 bits per heavy atom. The molecule has 1 saturated carbocycles. The molecule has 4 rings (SSSR count). The third kappa shape index (κ3) is 3.36. The maximum Gasteiger partial charge on any atom is 0.175 e. The van der Waals surface area contributed by atoms with Crippen LogP contribution in [0.3, 0.4) is 0 Å². The molecule has 6 nitrogen and oxygen atoms in total. The molecule has 0 amide bonds. The molecule has 0 aromatic carbocycles. The van der Waals surface area contributed by atoms with E-state index in [1.165, 1.54) is 24.6 Å². The van der Waals surface area contributed by atoms with E-state index in [4.69, 9.17) is 0 Å². The number of hydrogen-bond acceptors (Lipinski definition) is 5. The minimum atomic E-state index is -2.96. The largest absolute Gasteiger partial charge is 0.344 e. The summed E-state index contributed by atoms with van der Waals surface area (Å²) in [5, 5.41) is 0.900. The number of aromatic nitrogens is 3. The van der Waals surface area contributed by atoms with E-state index in [1.54, 1.807) is 6.20 Å². The Kier molecular flexibility index (Phi) is 4.51. The molecule has 2 aromatic rings. The highest BCUT2D eigenvalue weighted by Crippen LogP contribution is 2.38. The molecule has 0 bridgehead atoms. The number of carbonyl (C=O) groups excluding carboxylic acids is 1. The molecule has 0 radical (unpaired) electrons. The zero-order valence-electron chi connectivity index (χ0n) is 15.0. The zero-order valence-corrected chi connectivity index (χ0v) is 16.6. The highest BCUT2D eigenvalue weighted by Gasteiger charge is 2.32. The summed E-state index contributed by atoms with van der Waals surface area (Å²) in [6.07, 6.45) is 6.76. The van der Waals surface area contributed by atoms with Crippen LogP contribution in [0.2, 0.25) is 0 Å². The average molecular weight is 394 g/mol. The van der Waals surface area contributed by atoms with E-state index < -0.39 is 9.84 Å². The zero-order chi connectivity index (χ0) is 18.5. The van der Waals surface area contributed by atoms with E-state index in [2.05, 4.69) is 9.55 Å². The number of thioether (sulfide) groups is 1. The fraction of sp³-hybridized carbons (Fsp3) is 0.556. The molecule has 26 heavy (non-hydrogen) atoms. The summed E-state index contributed by atoms with van der Waals surface area (Å²) in [6.45, 7) is 3.86. The lowest BCUT2D eigenvalue weighted by Crippen LogP contribution is -2.14. The number of hydrogen-bond donors (Lipinski definition) is 0. The van der Waals surface area contributed by atoms with Gasteiger partial charge in [-0.3, -0.25) is 4.79 Å². The average Bonchev–Trinajstić information content (AvgIpc) is 3.10. The Bertz CT molecular complexity index is 954. The van der Waals surface area contributed by atoms with Crippen LogP contribution in [0.15, 0.2) is 23.6 Å². The van der Waals surface area contributed by atoms with Crippen LogP contribution in [0, 0.1) is 13.8 Å². The minimum absolute atomic E-state index is 0.0528. The summed E-state index contributed by atoms with van der Waals surface area (Å²) < 4.78 is 27.8. The topological polar surface area (TPSA) is 74.0 Å². The summed E-state index contributed by atoms with van der Waals surface area (Å²) in [4.78, 5) is 17.1.